The average Bonchev–Trinajstić information content (AvgIpc) is 3.18. The Morgan fingerprint density at radius 3 is 2.76 bits per heavy atom. The van der Waals surface area contributed by atoms with Crippen LogP contribution in [-0.4, -0.2) is 47.9 Å². The molecule has 2 heterocycles. The Kier molecular flexibility index (Phi) is 5.18. The number of nitrogens with one attached hydrogen (secondary N) is 1. The topological polar surface area (TPSA) is 75.7 Å². The molecule has 3 amide bonds. The molecule has 25 heavy (non-hydrogen) atoms. The molecule has 0 radical (unpaired) electrons. The summed E-state index contributed by atoms with van der Waals surface area (Å²) >= 11 is 0. The lowest BCUT2D eigenvalue weighted by Gasteiger charge is -2.17. The molecule has 1 aromatic rings. The first-order valence-corrected chi connectivity index (χ1v) is 8.94. The molecule has 3 rings (SSSR count). The Labute approximate surface area is 147 Å². The van der Waals surface area contributed by atoms with Crippen LogP contribution >= 0.6 is 0 Å². The second-order valence-electron chi connectivity index (χ2n) is 6.78. The van der Waals surface area contributed by atoms with Crippen molar-refractivity contribution in [2.24, 2.45) is 0 Å². The number of fused-ring (bicyclic) bond motifs is 1. The average molecular weight is 344 g/mol. The zero-order valence-corrected chi connectivity index (χ0v) is 14.7. The van der Waals surface area contributed by atoms with Crippen LogP contribution in [0.4, 0.5) is 0 Å². The van der Waals surface area contributed by atoms with Gasteiger partial charge in [0.1, 0.15) is 0 Å². The number of carbonyl (C=O) groups excluding carboxylic acids is 3. The van der Waals surface area contributed by atoms with Gasteiger partial charge < -0.3 is 10.1 Å². The van der Waals surface area contributed by atoms with Crippen LogP contribution in [0.25, 0.3) is 0 Å². The summed E-state index contributed by atoms with van der Waals surface area (Å²) in [6.07, 6.45) is 3.60. The molecule has 0 aromatic heterocycles. The summed E-state index contributed by atoms with van der Waals surface area (Å²) in [6.45, 7) is 4.97. The van der Waals surface area contributed by atoms with Gasteiger partial charge in [-0.2, -0.15) is 0 Å². The maximum atomic E-state index is 12.6. The van der Waals surface area contributed by atoms with Crippen LogP contribution in [0.2, 0.25) is 0 Å². The van der Waals surface area contributed by atoms with Crippen LogP contribution in [0.15, 0.2) is 18.2 Å². The molecule has 6 nitrogen and oxygen atoms in total. The molecule has 6 heteroatoms. The lowest BCUT2D eigenvalue weighted by Crippen LogP contribution is -2.36. The van der Waals surface area contributed by atoms with Crippen LogP contribution in [-0.2, 0) is 4.74 Å². The lowest BCUT2D eigenvalue weighted by molar-refractivity contribution is 0.0475. The predicted molar refractivity (Wildman–Crippen MR) is 92.6 cm³/mol. The molecule has 2 atom stereocenters. The van der Waals surface area contributed by atoms with Gasteiger partial charge in [-0.15, -0.1) is 0 Å². The first-order valence-electron chi connectivity index (χ1n) is 8.94. The van der Waals surface area contributed by atoms with E-state index in [1.165, 1.54) is 11.0 Å². The van der Waals surface area contributed by atoms with Gasteiger partial charge in [0.2, 0.25) is 0 Å². The van der Waals surface area contributed by atoms with Crippen molar-refractivity contribution in [1.82, 2.24) is 10.2 Å². The zero-order chi connectivity index (χ0) is 18.0. The smallest absolute Gasteiger partial charge is 0.261 e. The first-order chi connectivity index (χ1) is 12.0. The fraction of sp³-hybridized carbons (Fsp3) is 0.526. The maximum absolute atomic E-state index is 12.6. The van der Waals surface area contributed by atoms with Crippen molar-refractivity contribution in [3.05, 3.63) is 34.9 Å². The van der Waals surface area contributed by atoms with E-state index >= 15 is 0 Å². The molecule has 134 valence electrons. The molecule has 2 aliphatic heterocycles. The Balaban J connectivity index is 1.75. The third kappa shape index (κ3) is 3.58. The van der Waals surface area contributed by atoms with E-state index in [4.69, 9.17) is 4.74 Å². The van der Waals surface area contributed by atoms with Crippen molar-refractivity contribution in [2.75, 3.05) is 13.2 Å². The van der Waals surface area contributed by atoms with Gasteiger partial charge in [0.05, 0.1) is 23.8 Å². The Morgan fingerprint density at radius 1 is 1.32 bits per heavy atom. The van der Waals surface area contributed by atoms with Crippen LogP contribution in [0, 0.1) is 0 Å². The monoisotopic (exact) mass is 344 g/mol. The molecule has 0 bridgehead atoms. The van der Waals surface area contributed by atoms with E-state index in [2.05, 4.69) is 12.2 Å². The number of hydrogen-bond donors (Lipinski definition) is 1. The van der Waals surface area contributed by atoms with E-state index in [1.807, 2.05) is 6.92 Å². The molecule has 0 aliphatic carbocycles. The van der Waals surface area contributed by atoms with E-state index in [9.17, 15) is 14.4 Å². The highest BCUT2D eigenvalue weighted by molar-refractivity contribution is 6.22. The fourth-order valence-electron chi connectivity index (χ4n) is 3.40. The van der Waals surface area contributed by atoms with Crippen LogP contribution in [0.5, 0.6) is 0 Å². The Hall–Kier alpha value is -2.21. The first kappa shape index (κ1) is 17.6. The molecular weight excluding hydrogens is 320 g/mol. The second-order valence-corrected chi connectivity index (χ2v) is 6.78. The molecule has 1 saturated heterocycles. The number of benzene rings is 1. The van der Waals surface area contributed by atoms with E-state index < -0.39 is 0 Å². The highest BCUT2D eigenvalue weighted by Gasteiger charge is 2.37. The number of hydrogen-bond acceptors (Lipinski definition) is 4. The van der Waals surface area contributed by atoms with E-state index in [0.717, 1.165) is 25.7 Å². The summed E-state index contributed by atoms with van der Waals surface area (Å²) in [5.74, 6) is -0.866. The third-order valence-corrected chi connectivity index (χ3v) is 4.74. The van der Waals surface area contributed by atoms with Crippen molar-refractivity contribution in [3.63, 3.8) is 0 Å². The largest absolute Gasteiger partial charge is 0.376 e. The molecule has 0 spiro atoms. The quantitative estimate of drug-likeness (QED) is 0.804. The number of rotatable bonds is 6. The summed E-state index contributed by atoms with van der Waals surface area (Å²) in [6, 6.07) is 4.77. The minimum Gasteiger partial charge on any atom is -0.376 e. The molecule has 2 aliphatic rings. The Morgan fingerprint density at radius 2 is 2.08 bits per heavy atom. The van der Waals surface area contributed by atoms with E-state index in [-0.39, 0.29) is 36.4 Å². The second kappa shape index (κ2) is 7.35. The summed E-state index contributed by atoms with van der Waals surface area (Å²) in [5, 5.41) is 2.92. The van der Waals surface area contributed by atoms with Gasteiger partial charge >= 0.3 is 0 Å². The zero-order valence-electron chi connectivity index (χ0n) is 14.7. The number of amides is 3. The maximum Gasteiger partial charge on any atom is 0.261 e. The van der Waals surface area contributed by atoms with Crippen molar-refractivity contribution in [1.29, 1.82) is 0 Å². The summed E-state index contributed by atoms with van der Waals surface area (Å²) in [7, 11) is 0. The van der Waals surface area contributed by atoms with Gasteiger partial charge in [-0.1, -0.05) is 13.3 Å². The lowest BCUT2D eigenvalue weighted by atomic mass is 10.0. The van der Waals surface area contributed by atoms with Crippen molar-refractivity contribution >= 4 is 17.7 Å². The standard InChI is InChI=1S/C19H24N2O4/c1-3-5-12(2)20-17(22)13-7-8-15-16(10-13)19(24)21(18(15)23)11-14-6-4-9-25-14/h7-8,10,12,14H,3-6,9,11H2,1-2H3,(H,20,22). The molecule has 1 aromatic carbocycles. The van der Waals surface area contributed by atoms with Gasteiger partial charge in [0.25, 0.3) is 17.7 Å². The van der Waals surface area contributed by atoms with E-state index in [1.54, 1.807) is 12.1 Å². The Bertz CT molecular complexity index is 695. The minimum atomic E-state index is -0.341. The van der Waals surface area contributed by atoms with Gasteiger partial charge in [-0.25, -0.2) is 0 Å². The third-order valence-electron chi connectivity index (χ3n) is 4.74. The molecule has 2 unspecified atom stereocenters. The summed E-state index contributed by atoms with van der Waals surface area (Å²) < 4.78 is 5.53. The van der Waals surface area contributed by atoms with Crippen LogP contribution < -0.4 is 5.32 Å². The number of ether oxygens (including phenoxy) is 1. The van der Waals surface area contributed by atoms with Gasteiger partial charge in [-0.05, 0) is 44.4 Å². The normalized spacial score (nSPS) is 20.7. The van der Waals surface area contributed by atoms with Gasteiger partial charge in [0, 0.05) is 18.2 Å². The molecule has 1 N–H and O–H groups in total. The summed E-state index contributed by atoms with van der Waals surface area (Å²) in [4.78, 5) is 38.7. The van der Waals surface area contributed by atoms with Gasteiger partial charge in [-0.3, -0.25) is 19.3 Å². The number of carbonyl (C=O) groups is 3. The van der Waals surface area contributed by atoms with Gasteiger partial charge in [0.15, 0.2) is 0 Å². The van der Waals surface area contributed by atoms with Crippen molar-refractivity contribution < 1.29 is 19.1 Å². The van der Waals surface area contributed by atoms with E-state index in [0.29, 0.717) is 23.3 Å². The fourth-order valence-corrected chi connectivity index (χ4v) is 3.40. The SMILES string of the molecule is CCCC(C)NC(=O)c1ccc2c(c1)C(=O)N(CC1CCCO1)C2=O. The van der Waals surface area contributed by atoms with Crippen LogP contribution in [0.3, 0.4) is 0 Å². The number of imide groups is 1. The highest BCUT2D eigenvalue weighted by Crippen LogP contribution is 2.26. The molecular formula is C19H24N2O4. The minimum absolute atomic E-state index is 0.0686. The predicted octanol–water partition coefficient (Wildman–Crippen LogP) is 2.38. The van der Waals surface area contributed by atoms with Crippen molar-refractivity contribution in [2.45, 2.75) is 51.7 Å². The van der Waals surface area contributed by atoms with Crippen molar-refractivity contribution in [3.8, 4) is 0 Å². The highest BCUT2D eigenvalue weighted by atomic mass is 16.5. The van der Waals surface area contributed by atoms with Crippen LogP contribution in [0.1, 0.15) is 70.6 Å². The molecule has 0 saturated carbocycles. The number of nitrogens with zero attached hydrogens (tertiary/aromatic N) is 1. The molecule has 1 fully saturated rings. The summed E-state index contributed by atoms with van der Waals surface area (Å²) in [5.41, 5.74) is 1.07.